The highest BCUT2D eigenvalue weighted by atomic mass is 19.1. The number of nitrogens with zero attached hydrogens (tertiary/aromatic N) is 1. The van der Waals surface area contributed by atoms with Gasteiger partial charge in [0, 0.05) is 18.4 Å². The molecule has 0 atom stereocenters. The normalized spacial score (nSPS) is 10.5. The first-order valence-corrected chi connectivity index (χ1v) is 9.40. The van der Waals surface area contributed by atoms with Crippen LogP contribution >= 0.6 is 0 Å². The van der Waals surface area contributed by atoms with Gasteiger partial charge in [-0.1, -0.05) is 37.3 Å². The predicted octanol–water partition coefficient (Wildman–Crippen LogP) is 4.81. The average Bonchev–Trinajstić information content (AvgIpc) is 2.71. The number of para-hydroxylation sites is 1. The zero-order valence-electron chi connectivity index (χ0n) is 16.1. The van der Waals surface area contributed by atoms with Crippen LogP contribution in [0, 0.1) is 12.7 Å². The number of hydrogen-bond acceptors (Lipinski definition) is 3. The van der Waals surface area contributed by atoms with E-state index in [-0.39, 0.29) is 11.7 Å². The summed E-state index contributed by atoms with van der Waals surface area (Å²) >= 11 is 0. The Bertz CT molecular complexity index is 954. The molecule has 0 fully saturated rings. The molecular weight excluding hydrogens is 353 g/mol. The molecule has 144 valence electrons. The van der Waals surface area contributed by atoms with Crippen LogP contribution in [-0.4, -0.2) is 17.4 Å². The quantitative estimate of drug-likeness (QED) is 0.621. The maximum absolute atomic E-state index is 12.9. The van der Waals surface area contributed by atoms with Crippen LogP contribution in [0.1, 0.15) is 34.0 Å². The van der Waals surface area contributed by atoms with Gasteiger partial charge >= 0.3 is 0 Å². The Morgan fingerprint density at radius 1 is 1.11 bits per heavy atom. The summed E-state index contributed by atoms with van der Waals surface area (Å²) in [5, 5.41) is 6.28. The number of aromatic nitrogens is 1. The van der Waals surface area contributed by atoms with Gasteiger partial charge in [-0.05, 0) is 54.7 Å². The molecule has 0 aliphatic carbocycles. The van der Waals surface area contributed by atoms with Crippen LogP contribution in [0.3, 0.4) is 0 Å². The van der Waals surface area contributed by atoms with Crippen molar-refractivity contribution in [2.75, 3.05) is 11.9 Å². The van der Waals surface area contributed by atoms with Crippen molar-refractivity contribution < 1.29 is 9.18 Å². The van der Waals surface area contributed by atoms with Crippen LogP contribution in [0.5, 0.6) is 0 Å². The number of pyridine rings is 1. The van der Waals surface area contributed by atoms with Crippen molar-refractivity contribution in [1.29, 1.82) is 0 Å². The van der Waals surface area contributed by atoms with Gasteiger partial charge < -0.3 is 10.6 Å². The third-order valence-corrected chi connectivity index (χ3v) is 4.62. The highest BCUT2D eigenvalue weighted by Crippen LogP contribution is 2.25. The summed E-state index contributed by atoms with van der Waals surface area (Å²) in [6.07, 6.45) is 4.82. The lowest BCUT2D eigenvalue weighted by atomic mass is 10.1. The maximum atomic E-state index is 12.9. The largest absolute Gasteiger partial charge is 0.354 e. The van der Waals surface area contributed by atoms with Crippen molar-refractivity contribution in [1.82, 2.24) is 10.3 Å². The standard InChI is InChI=1S/C23H24FN3O/c1-3-18-6-4-5-16(2)22(18)27-21-13-19(14-25-15-21)23(28)26-12-11-17-7-9-20(24)10-8-17/h4-10,13-15,27H,3,11-12H2,1-2H3,(H,26,28). The third-order valence-electron chi connectivity index (χ3n) is 4.62. The number of hydrogen-bond donors (Lipinski definition) is 2. The molecule has 0 unspecified atom stereocenters. The van der Waals surface area contributed by atoms with E-state index in [1.54, 1.807) is 30.6 Å². The number of nitrogens with one attached hydrogen (secondary N) is 2. The van der Waals surface area contributed by atoms with Crippen LogP contribution in [0.2, 0.25) is 0 Å². The summed E-state index contributed by atoms with van der Waals surface area (Å²) in [7, 11) is 0. The Balaban J connectivity index is 1.64. The summed E-state index contributed by atoms with van der Waals surface area (Å²) in [6, 6.07) is 14.3. The molecule has 0 saturated heterocycles. The van der Waals surface area contributed by atoms with Crippen molar-refractivity contribution in [3.05, 3.63) is 89.0 Å². The van der Waals surface area contributed by atoms with Gasteiger partial charge in [0.2, 0.25) is 0 Å². The molecule has 0 saturated carbocycles. The van der Waals surface area contributed by atoms with E-state index in [0.29, 0.717) is 18.5 Å². The highest BCUT2D eigenvalue weighted by Gasteiger charge is 2.09. The van der Waals surface area contributed by atoms with E-state index in [1.807, 2.05) is 6.07 Å². The van der Waals surface area contributed by atoms with Gasteiger partial charge in [-0.15, -0.1) is 0 Å². The summed E-state index contributed by atoms with van der Waals surface area (Å²) in [6.45, 7) is 4.64. The summed E-state index contributed by atoms with van der Waals surface area (Å²) in [5.41, 5.74) is 5.66. The second kappa shape index (κ2) is 9.13. The number of benzene rings is 2. The van der Waals surface area contributed by atoms with E-state index in [2.05, 4.69) is 41.6 Å². The first-order chi connectivity index (χ1) is 13.6. The second-order valence-corrected chi connectivity index (χ2v) is 6.68. The monoisotopic (exact) mass is 377 g/mol. The molecule has 0 bridgehead atoms. The Hall–Kier alpha value is -3.21. The Morgan fingerprint density at radius 3 is 2.64 bits per heavy atom. The van der Waals surface area contributed by atoms with Crippen molar-refractivity contribution in [2.24, 2.45) is 0 Å². The zero-order chi connectivity index (χ0) is 19.9. The number of anilines is 2. The SMILES string of the molecule is CCc1cccc(C)c1Nc1cncc(C(=O)NCCc2ccc(F)cc2)c1. The molecule has 28 heavy (non-hydrogen) atoms. The first-order valence-electron chi connectivity index (χ1n) is 9.40. The molecule has 2 aromatic carbocycles. The molecule has 0 radical (unpaired) electrons. The molecule has 3 aromatic rings. The molecule has 1 amide bonds. The fourth-order valence-electron chi connectivity index (χ4n) is 3.05. The minimum atomic E-state index is -0.261. The number of rotatable bonds is 7. The smallest absolute Gasteiger partial charge is 0.252 e. The lowest BCUT2D eigenvalue weighted by molar-refractivity contribution is 0.0954. The van der Waals surface area contributed by atoms with E-state index >= 15 is 0 Å². The third kappa shape index (κ3) is 4.94. The molecule has 2 N–H and O–H groups in total. The molecule has 4 nitrogen and oxygen atoms in total. The Morgan fingerprint density at radius 2 is 1.89 bits per heavy atom. The lowest BCUT2D eigenvalue weighted by Gasteiger charge is -2.14. The highest BCUT2D eigenvalue weighted by molar-refractivity contribution is 5.94. The van der Waals surface area contributed by atoms with Crippen molar-refractivity contribution in [2.45, 2.75) is 26.7 Å². The molecule has 3 rings (SSSR count). The molecule has 0 aliphatic rings. The average molecular weight is 377 g/mol. The van der Waals surface area contributed by atoms with Crippen LogP contribution in [0.4, 0.5) is 15.8 Å². The second-order valence-electron chi connectivity index (χ2n) is 6.68. The van der Waals surface area contributed by atoms with Crippen LogP contribution in [0.15, 0.2) is 60.9 Å². The van der Waals surface area contributed by atoms with E-state index in [4.69, 9.17) is 0 Å². The topological polar surface area (TPSA) is 54.0 Å². The van der Waals surface area contributed by atoms with Crippen molar-refractivity contribution in [3.63, 3.8) is 0 Å². The first kappa shape index (κ1) is 19.5. The number of halogens is 1. The van der Waals surface area contributed by atoms with Gasteiger partial charge in [-0.3, -0.25) is 9.78 Å². The Kier molecular flexibility index (Phi) is 6.37. The van der Waals surface area contributed by atoms with E-state index in [1.165, 1.54) is 17.7 Å². The Labute approximate surface area is 164 Å². The summed E-state index contributed by atoms with van der Waals surface area (Å²) in [4.78, 5) is 16.6. The summed E-state index contributed by atoms with van der Waals surface area (Å²) in [5.74, 6) is -0.443. The predicted molar refractivity (Wildman–Crippen MR) is 111 cm³/mol. The van der Waals surface area contributed by atoms with E-state index in [9.17, 15) is 9.18 Å². The van der Waals surface area contributed by atoms with Gasteiger partial charge in [0.15, 0.2) is 0 Å². The maximum Gasteiger partial charge on any atom is 0.252 e. The van der Waals surface area contributed by atoms with Crippen LogP contribution in [0.25, 0.3) is 0 Å². The molecule has 1 heterocycles. The minimum absolute atomic E-state index is 0.182. The number of amides is 1. The minimum Gasteiger partial charge on any atom is -0.354 e. The molecular formula is C23H24FN3O. The van der Waals surface area contributed by atoms with Gasteiger partial charge in [-0.25, -0.2) is 4.39 Å². The van der Waals surface area contributed by atoms with Crippen LogP contribution in [-0.2, 0) is 12.8 Å². The number of carbonyl (C=O) groups is 1. The van der Waals surface area contributed by atoms with E-state index in [0.717, 1.165) is 28.9 Å². The molecule has 0 aliphatic heterocycles. The summed E-state index contributed by atoms with van der Waals surface area (Å²) < 4.78 is 12.9. The van der Waals surface area contributed by atoms with Gasteiger partial charge in [0.25, 0.3) is 5.91 Å². The van der Waals surface area contributed by atoms with E-state index < -0.39 is 0 Å². The zero-order valence-corrected chi connectivity index (χ0v) is 16.1. The van der Waals surface area contributed by atoms with Gasteiger partial charge in [0.1, 0.15) is 5.82 Å². The van der Waals surface area contributed by atoms with Gasteiger partial charge in [0.05, 0.1) is 17.4 Å². The fourth-order valence-corrected chi connectivity index (χ4v) is 3.05. The fraction of sp³-hybridized carbons (Fsp3) is 0.217. The molecule has 0 spiro atoms. The van der Waals surface area contributed by atoms with Crippen LogP contribution < -0.4 is 10.6 Å². The molecule has 1 aromatic heterocycles. The molecule has 5 heteroatoms. The van der Waals surface area contributed by atoms with Crippen molar-refractivity contribution >= 4 is 17.3 Å². The number of carbonyl (C=O) groups excluding carboxylic acids is 1. The number of aryl methyl sites for hydroxylation is 2. The van der Waals surface area contributed by atoms with Gasteiger partial charge in [-0.2, -0.15) is 0 Å². The lowest BCUT2D eigenvalue weighted by Crippen LogP contribution is -2.25. The van der Waals surface area contributed by atoms with Crippen molar-refractivity contribution in [3.8, 4) is 0 Å².